The summed E-state index contributed by atoms with van der Waals surface area (Å²) in [4.78, 5) is 2.43. The van der Waals surface area contributed by atoms with E-state index >= 15 is 0 Å². The molecular weight excluding hydrogens is 234 g/mol. The van der Waals surface area contributed by atoms with E-state index in [4.69, 9.17) is 0 Å². The Balaban J connectivity index is 1.64. The number of benzene rings is 1. The van der Waals surface area contributed by atoms with E-state index in [-0.39, 0.29) is 6.10 Å². The normalized spacial score (nSPS) is 26.3. The van der Waals surface area contributed by atoms with Gasteiger partial charge in [-0.05, 0) is 50.1 Å². The van der Waals surface area contributed by atoms with E-state index in [9.17, 15) is 5.11 Å². The molecule has 1 aliphatic heterocycles. The predicted molar refractivity (Wildman–Crippen MR) is 78.4 cm³/mol. The maximum Gasteiger partial charge on any atom is 0.0679 e. The smallest absolute Gasteiger partial charge is 0.0679 e. The number of likely N-dealkylation sites (tertiary alicyclic amines) is 1. The first kappa shape index (κ1) is 13.1. The van der Waals surface area contributed by atoms with Gasteiger partial charge in [-0.25, -0.2) is 0 Å². The lowest BCUT2D eigenvalue weighted by molar-refractivity contribution is 0.158. The molecule has 2 fully saturated rings. The van der Waals surface area contributed by atoms with E-state index < -0.39 is 0 Å². The summed E-state index contributed by atoms with van der Waals surface area (Å²) in [5.74, 6) is 0. The van der Waals surface area contributed by atoms with Gasteiger partial charge in [0.1, 0.15) is 0 Å². The van der Waals surface area contributed by atoms with Crippen molar-refractivity contribution in [2.45, 2.75) is 50.5 Å². The third-order valence-corrected chi connectivity index (χ3v) is 5.13. The minimum atomic E-state index is -0.0864. The van der Waals surface area contributed by atoms with Gasteiger partial charge in [0.05, 0.1) is 6.10 Å². The van der Waals surface area contributed by atoms with Crippen LogP contribution in [0.5, 0.6) is 0 Å². The topological polar surface area (TPSA) is 23.5 Å². The quantitative estimate of drug-likeness (QED) is 0.898. The van der Waals surface area contributed by atoms with Crippen molar-refractivity contribution in [3.05, 3.63) is 35.4 Å². The number of hydrogen-bond donors (Lipinski definition) is 1. The summed E-state index contributed by atoms with van der Waals surface area (Å²) in [6.07, 6.45) is 6.17. The van der Waals surface area contributed by atoms with E-state index in [0.29, 0.717) is 5.41 Å². The Kier molecular flexibility index (Phi) is 3.64. The summed E-state index contributed by atoms with van der Waals surface area (Å²) in [5.41, 5.74) is 3.31. The Morgan fingerprint density at radius 3 is 2.53 bits per heavy atom. The van der Waals surface area contributed by atoms with Crippen LogP contribution in [0, 0.1) is 6.92 Å². The lowest BCUT2D eigenvalue weighted by Crippen LogP contribution is -2.38. The molecule has 104 valence electrons. The molecule has 19 heavy (non-hydrogen) atoms. The molecule has 0 aromatic heterocycles. The predicted octanol–water partition coefficient (Wildman–Crippen LogP) is 2.87. The van der Waals surface area contributed by atoms with Crippen molar-refractivity contribution in [2.24, 2.45) is 0 Å². The Bertz CT molecular complexity index is 421. The van der Waals surface area contributed by atoms with Gasteiger partial charge >= 0.3 is 0 Å². The van der Waals surface area contributed by atoms with Gasteiger partial charge in [0.25, 0.3) is 0 Å². The molecule has 0 unspecified atom stereocenters. The fourth-order valence-electron chi connectivity index (χ4n) is 3.58. The third kappa shape index (κ3) is 2.70. The molecule has 0 radical (unpaired) electrons. The number of aliphatic hydroxyl groups excluding tert-OH is 1. The van der Waals surface area contributed by atoms with Crippen LogP contribution >= 0.6 is 0 Å². The highest BCUT2D eigenvalue weighted by Gasteiger charge is 2.38. The maximum atomic E-state index is 9.61. The van der Waals surface area contributed by atoms with Crippen LogP contribution < -0.4 is 0 Å². The molecule has 2 aliphatic rings. The molecule has 1 N–H and O–H groups in total. The number of nitrogens with zero attached hydrogens (tertiary/aromatic N) is 1. The van der Waals surface area contributed by atoms with E-state index in [2.05, 4.69) is 36.1 Å². The van der Waals surface area contributed by atoms with E-state index in [1.54, 1.807) is 0 Å². The molecule has 2 heteroatoms. The molecule has 1 aliphatic carbocycles. The number of rotatable bonds is 4. The molecule has 1 aromatic carbocycles. The lowest BCUT2D eigenvalue weighted by atomic mass is 9.62. The van der Waals surface area contributed by atoms with E-state index in [0.717, 1.165) is 26.1 Å². The number of β-amino-alcohol motifs (C(OH)–C–C–N with tert-alkyl or cyclic N) is 1. The molecule has 0 amide bonds. The largest absolute Gasteiger partial charge is 0.392 e. The fourth-order valence-corrected chi connectivity index (χ4v) is 3.58. The zero-order valence-electron chi connectivity index (χ0n) is 11.9. The van der Waals surface area contributed by atoms with Crippen molar-refractivity contribution in [1.82, 2.24) is 4.90 Å². The van der Waals surface area contributed by atoms with E-state index in [1.165, 1.54) is 36.8 Å². The summed E-state index contributed by atoms with van der Waals surface area (Å²) in [6.45, 7) is 5.25. The second kappa shape index (κ2) is 5.26. The van der Waals surface area contributed by atoms with Gasteiger partial charge < -0.3 is 10.0 Å². The fraction of sp³-hybridized carbons (Fsp3) is 0.647. The molecule has 1 saturated carbocycles. The first-order valence-electron chi connectivity index (χ1n) is 7.66. The summed E-state index contributed by atoms with van der Waals surface area (Å²) in [5, 5.41) is 9.61. The SMILES string of the molecule is Cc1ccc(C2(CCN3CC[C@H](O)C3)CCC2)cc1. The Morgan fingerprint density at radius 2 is 2.00 bits per heavy atom. The third-order valence-electron chi connectivity index (χ3n) is 5.13. The van der Waals surface area contributed by atoms with Crippen LogP contribution in [0.1, 0.15) is 43.2 Å². The second-order valence-corrected chi connectivity index (χ2v) is 6.49. The molecule has 1 aromatic rings. The monoisotopic (exact) mass is 259 g/mol. The summed E-state index contributed by atoms with van der Waals surface area (Å²) < 4.78 is 0. The van der Waals surface area contributed by atoms with Gasteiger partial charge in [-0.3, -0.25) is 0 Å². The Morgan fingerprint density at radius 1 is 1.26 bits per heavy atom. The number of aryl methyl sites for hydroxylation is 1. The van der Waals surface area contributed by atoms with Crippen molar-refractivity contribution in [2.75, 3.05) is 19.6 Å². The standard InChI is InChI=1S/C17H25NO/c1-14-3-5-15(6-4-14)17(8-2-9-17)10-12-18-11-7-16(19)13-18/h3-6,16,19H,2,7-13H2,1H3/t16-/m0/s1. The Labute approximate surface area is 116 Å². The minimum Gasteiger partial charge on any atom is -0.392 e. The molecule has 3 rings (SSSR count). The van der Waals surface area contributed by atoms with Gasteiger partial charge in [0.2, 0.25) is 0 Å². The van der Waals surface area contributed by atoms with Crippen LogP contribution in [-0.4, -0.2) is 35.7 Å². The van der Waals surface area contributed by atoms with Crippen LogP contribution in [0.3, 0.4) is 0 Å². The highest BCUT2D eigenvalue weighted by Crippen LogP contribution is 2.46. The summed E-state index contributed by atoms with van der Waals surface area (Å²) in [6, 6.07) is 9.14. The van der Waals surface area contributed by atoms with Gasteiger partial charge in [0.15, 0.2) is 0 Å². The van der Waals surface area contributed by atoms with Gasteiger partial charge in [-0.15, -0.1) is 0 Å². The maximum absolute atomic E-state index is 9.61. The van der Waals surface area contributed by atoms with E-state index in [1.807, 2.05) is 0 Å². The van der Waals surface area contributed by atoms with Crippen LogP contribution in [0.2, 0.25) is 0 Å². The highest BCUT2D eigenvalue weighted by molar-refractivity contribution is 5.30. The van der Waals surface area contributed by atoms with Crippen molar-refractivity contribution in [1.29, 1.82) is 0 Å². The van der Waals surface area contributed by atoms with Gasteiger partial charge in [-0.2, -0.15) is 0 Å². The molecule has 1 heterocycles. The molecule has 0 bridgehead atoms. The summed E-state index contributed by atoms with van der Waals surface area (Å²) in [7, 11) is 0. The Hall–Kier alpha value is -0.860. The number of hydrogen-bond acceptors (Lipinski definition) is 2. The molecule has 2 nitrogen and oxygen atoms in total. The van der Waals surface area contributed by atoms with Gasteiger partial charge in [0, 0.05) is 13.1 Å². The van der Waals surface area contributed by atoms with Crippen molar-refractivity contribution < 1.29 is 5.11 Å². The average molecular weight is 259 g/mol. The highest BCUT2D eigenvalue weighted by atomic mass is 16.3. The van der Waals surface area contributed by atoms with Crippen molar-refractivity contribution in [3.63, 3.8) is 0 Å². The van der Waals surface area contributed by atoms with Crippen molar-refractivity contribution in [3.8, 4) is 0 Å². The van der Waals surface area contributed by atoms with Crippen molar-refractivity contribution >= 4 is 0 Å². The second-order valence-electron chi connectivity index (χ2n) is 6.49. The first-order chi connectivity index (χ1) is 9.18. The van der Waals surface area contributed by atoms with Crippen LogP contribution in [0.25, 0.3) is 0 Å². The minimum absolute atomic E-state index is 0.0864. The first-order valence-corrected chi connectivity index (χ1v) is 7.66. The van der Waals surface area contributed by atoms with Crippen LogP contribution in [0.4, 0.5) is 0 Å². The van der Waals surface area contributed by atoms with Gasteiger partial charge in [-0.1, -0.05) is 36.2 Å². The zero-order chi connectivity index (χ0) is 13.3. The average Bonchev–Trinajstić information content (AvgIpc) is 2.76. The molecular formula is C17H25NO. The molecule has 1 saturated heterocycles. The summed E-state index contributed by atoms with van der Waals surface area (Å²) >= 11 is 0. The molecule has 1 atom stereocenters. The van der Waals surface area contributed by atoms with Crippen LogP contribution in [-0.2, 0) is 5.41 Å². The zero-order valence-corrected chi connectivity index (χ0v) is 11.9. The number of aliphatic hydroxyl groups is 1. The lowest BCUT2D eigenvalue weighted by Gasteiger charge is -2.43. The molecule has 0 spiro atoms. The van der Waals surface area contributed by atoms with Crippen LogP contribution in [0.15, 0.2) is 24.3 Å².